The minimum Gasteiger partial charge on any atom is -0.387 e. The number of halogens is 1. The van der Waals surface area contributed by atoms with Crippen molar-refractivity contribution in [3.8, 4) is 0 Å². The van der Waals surface area contributed by atoms with Gasteiger partial charge in [0.15, 0.2) is 0 Å². The molecule has 0 saturated carbocycles. The van der Waals surface area contributed by atoms with Crippen LogP contribution in [0.2, 0.25) is 0 Å². The minimum atomic E-state index is -0.427. The van der Waals surface area contributed by atoms with Gasteiger partial charge in [-0.15, -0.1) is 11.3 Å². The average molecular weight is 284 g/mol. The van der Waals surface area contributed by atoms with E-state index in [2.05, 4.69) is 20.9 Å². The molecule has 0 aromatic carbocycles. The first kappa shape index (κ1) is 10.8. The van der Waals surface area contributed by atoms with Gasteiger partial charge >= 0.3 is 0 Å². The summed E-state index contributed by atoms with van der Waals surface area (Å²) in [5.74, 6) is 0. The summed E-state index contributed by atoms with van der Waals surface area (Å²) in [5.41, 5.74) is 1.10. The normalized spacial score (nSPS) is 12.7. The van der Waals surface area contributed by atoms with Crippen molar-refractivity contribution in [2.75, 3.05) is 0 Å². The number of aromatic nitrogens is 1. The Bertz CT molecular complexity index is 429. The van der Waals surface area contributed by atoms with Crippen molar-refractivity contribution in [2.45, 2.75) is 12.5 Å². The third kappa shape index (κ3) is 2.87. The van der Waals surface area contributed by atoms with Crippen LogP contribution in [0, 0.1) is 0 Å². The molecule has 0 aliphatic heterocycles. The zero-order chi connectivity index (χ0) is 10.7. The standard InChI is InChI=1S/C11H10BrNOS/c12-11-2-1-10(15-11)9(14)7-8-3-5-13-6-4-8/h1-6,9,14H,7H2. The van der Waals surface area contributed by atoms with Gasteiger partial charge in [-0.25, -0.2) is 0 Å². The molecule has 0 spiro atoms. The van der Waals surface area contributed by atoms with Crippen LogP contribution >= 0.6 is 27.3 Å². The van der Waals surface area contributed by atoms with E-state index in [1.165, 1.54) is 0 Å². The second-order valence-electron chi connectivity index (χ2n) is 3.22. The highest BCUT2D eigenvalue weighted by Crippen LogP contribution is 2.28. The minimum absolute atomic E-state index is 0.427. The van der Waals surface area contributed by atoms with Crippen molar-refractivity contribution in [1.82, 2.24) is 4.98 Å². The number of aliphatic hydroxyl groups is 1. The molecule has 2 heterocycles. The van der Waals surface area contributed by atoms with Crippen molar-refractivity contribution < 1.29 is 5.11 Å². The number of hydrogen-bond donors (Lipinski definition) is 1. The van der Waals surface area contributed by atoms with E-state index < -0.39 is 6.10 Å². The molecular weight excluding hydrogens is 274 g/mol. The van der Waals surface area contributed by atoms with Crippen LogP contribution in [0.15, 0.2) is 40.4 Å². The Hall–Kier alpha value is -0.710. The lowest BCUT2D eigenvalue weighted by molar-refractivity contribution is 0.182. The maximum absolute atomic E-state index is 9.96. The van der Waals surface area contributed by atoms with E-state index in [-0.39, 0.29) is 0 Å². The van der Waals surface area contributed by atoms with Gasteiger partial charge in [0.05, 0.1) is 9.89 Å². The molecular formula is C11H10BrNOS. The molecule has 2 nitrogen and oxygen atoms in total. The number of pyridine rings is 1. The summed E-state index contributed by atoms with van der Waals surface area (Å²) in [5, 5.41) is 9.96. The van der Waals surface area contributed by atoms with E-state index in [1.54, 1.807) is 23.7 Å². The molecule has 2 aromatic heterocycles. The summed E-state index contributed by atoms with van der Waals surface area (Å²) in [6.45, 7) is 0. The van der Waals surface area contributed by atoms with Gasteiger partial charge in [-0.05, 0) is 45.8 Å². The Morgan fingerprint density at radius 3 is 2.60 bits per heavy atom. The van der Waals surface area contributed by atoms with Gasteiger partial charge in [-0.1, -0.05) is 0 Å². The van der Waals surface area contributed by atoms with Gasteiger partial charge in [0.2, 0.25) is 0 Å². The van der Waals surface area contributed by atoms with Crippen LogP contribution in [0.1, 0.15) is 16.5 Å². The van der Waals surface area contributed by atoms with Crippen LogP contribution in [0.3, 0.4) is 0 Å². The fraction of sp³-hybridized carbons (Fsp3) is 0.182. The summed E-state index contributed by atoms with van der Waals surface area (Å²) in [6, 6.07) is 7.74. The second kappa shape index (κ2) is 4.88. The highest BCUT2D eigenvalue weighted by molar-refractivity contribution is 9.11. The van der Waals surface area contributed by atoms with Gasteiger partial charge in [0.1, 0.15) is 0 Å². The Morgan fingerprint density at radius 1 is 1.27 bits per heavy atom. The van der Waals surface area contributed by atoms with Crippen LogP contribution < -0.4 is 0 Å². The lowest BCUT2D eigenvalue weighted by Gasteiger charge is -2.07. The first-order valence-electron chi connectivity index (χ1n) is 4.58. The Balaban J connectivity index is 2.07. The molecule has 0 fully saturated rings. The third-order valence-corrected chi connectivity index (χ3v) is 3.83. The molecule has 2 aromatic rings. The number of thiophene rings is 1. The maximum atomic E-state index is 9.96. The largest absolute Gasteiger partial charge is 0.387 e. The third-order valence-electron chi connectivity index (χ3n) is 2.10. The molecule has 78 valence electrons. The van der Waals surface area contributed by atoms with E-state index in [1.807, 2.05) is 24.3 Å². The summed E-state index contributed by atoms with van der Waals surface area (Å²) in [4.78, 5) is 4.93. The Morgan fingerprint density at radius 2 is 2.00 bits per heavy atom. The lowest BCUT2D eigenvalue weighted by Crippen LogP contribution is -1.99. The average Bonchev–Trinajstić information content (AvgIpc) is 2.66. The van der Waals surface area contributed by atoms with E-state index in [0.717, 1.165) is 14.2 Å². The van der Waals surface area contributed by atoms with Gasteiger partial charge in [0.25, 0.3) is 0 Å². The van der Waals surface area contributed by atoms with E-state index in [9.17, 15) is 5.11 Å². The van der Waals surface area contributed by atoms with Crippen molar-refractivity contribution >= 4 is 27.3 Å². The summed E-state index contributed by atoms with van der Waals surface area (Å²) in [6.07, 6.45) is 3.69. The quantitative estimate of drug-likeness (QED) is 0.939. The summed E-state index contributed by atoms with van der Waals surface area (Å²) in [7, 11) is 0. The van der Waals surface area contributed by atoms with Crippen LogP contribution in [-0.2, 0) is 6.42 Å². The first-order chi connectivity index (χ1) is 7.25. The molecule has 1 atom stereocenters. The van der Waals surface area contributed by atoms with E-state index >= 15 is 0 Å². The lowest BCUT2D eigenvalue weighted by atomic mass is 10.1. The molecule has 4 heteroatoms. The molecule has 0 amide bonds. The monoisotopic (exact) mass is 283 g/mol. The molecule has 1 N–H and O–H groups in total. The highest BCUT2D eigenvalue weighted by atomic mass is 79.9. The topological polar surface area (TPSA) is 33.1 Å². The van der Waals surface area contributed by atoms with Crippen LogP contribution in [-0.4, -0.2) is 10.1 Å². The van der Waals surface area contributed by atoms with Crippen molar-refractivity contribution in [3.63, 3.8) is 0 Å². The second-order valence-corrected chi connectivity index (χ2v) is 5.71. The maximum Gasteiger partial charge on any atom is 0.0922 e. The first-order valence-corrected chi connectivity index (χ1v) is 6.19. The molecule has 15 heavy (non-hydrogen) atoms. The van der Waals surface area contributed by atoms with Gasteiger partial charge < -0.3 is 5.11 Å². The fourth-order valence-corrected chi connectivity index (χ4v) is 2.76. The predicted octanol–water partition coefficient (Wildman–Crippen LogP) is 3.18. The molecule has 0 bridgehead atoms. The van der Waals surface area contributed by atoms with Crippen molar-refractivity contribution in [2.24, 2.45) is 0 Å². The number of rotatable bonds is 3. The highest BCUT2D eigenvalue weighted by Gasteiger charge is 2.10. The molecule has 0 aliphatic rings. The predicted molar refractivity (Wildman–Crippen MR) is 64.9 cm³/mol. The zero-order valence-corrected chi connectivity index (χ0v) is 10.3. The van der Waals surface area contributed by atoms with Crippen LogP contribution in [0.5, 0.6) is 0 Å². The van der Waals surface area contributed by atoms with E-state index in [4.69, 9.17) is 0 Å². The molecule has 0 saturated heterocycles. The SMILES string of the molecule is OC(Cc1ccncc1)c1ccc(Br)s1. The number of hydrogen-bond acceptors (Lipinski definition) is 3. The van der Waals surface area contributed by atoms with Crippen LogP contribution in [0.4, 0.5) is 0 Å². The smallest absolute Gasteiger partial charge is 0.0922 e. The molecule has 1 unspecified atom stereocenters. The number of aliphatic hydroxyl groups excluding tert-OH is 1. The Labute approximate surface area is 101 Å². The Kier molecular flexibility index (Phi) is 3.51. The zero-order valence-electron chi connectivity index (χ0n) is 7.93. The van der Waals surface area contributed by atoms with Crippen molar-refractivity contribution in [3.05, 3.63) is 50.9 Å². The fourth-order valence-electron chi connectivity index (χ4n) is 1.35. The number of nitrogens with zero attached hydrogens (tertiary/aromatic N) is 1. The molecule has 0 aliphatic carbocycles. The summed E-state index contributed by atoms with van der Waals surface area (Å²) >= 11 is 4.95. The van der Waals surface area contributed by atoms with Gasteiger partial charge in [-0.3, -0.25) is 4.98 Å². The van der Waals surface area contributed by atoms with Crippen LogP contribution in [0.25, 0.3) is 0 Å². The summed E-state index contributed by atoms with van der Waals surface area (Å²) < 4.78 is 1.05. The van der Waals surface area contributed by atoms with Gasteiger partial charge in [0, 0.05) is 23.7 Å². The van der Waals surface area contributed by atoms with Gasteiger partial charge in [-0.2, -0.15) is 0 Å². The van der Waals surface area contributed by atoms with Crippen molar-refractivity contribution in [1.29, 1.82) is 0 Å². The molecule has 2 rings (SSSR count). The molecule has 0 radical (unpaired) electrons. The van der Waals surface area contributed by atoms with E-state index in [0.29, 0.717) is 6.42 Å².